The quantitative estimate of drug-likeness (QED) is 0.651. The zero-order valence-corrected chi connectivity index (χ0v) is 18.2. The lowest BCUT2D eigenvalue weighted by molar-refractivity contribution is -0.141. The predicted octanol–water partition coefficient (Wildman–Crippen LogP) is 1.39. The van der Waals surface area contributed by atoms with Crippen LogP contribution < -0.4 is 0 Å². The predicted molar refractivity (Wildman–Crippen MR) is 106 cm³/mol. The van der Waals surface area contributed by atoms with Gasteiger partial charge in [-0.2, -0.15) is 0 Å². The van der Waals surface area contributed by atoms with E-state index in [0.717, 1.165) is 0 Å². The van der Waals surface area contributed by atoms with Crippen LogP contribution in [0.25, 0.3) is 0 Å². The molecule has 0 unspecified atom stereocenters. The van der Waals surface area contributed by atoms with Crippen LogP contribution >= 0.6 is 0 Å². The zero-order valence-electron chi connectivity index (χ0n) is 17.4. The summed E-state index contributed by atoms with van der Waals surface area (Å²) < 4.78 is 33.8. The molecule has 1 aliphatic heterocycles. The number of carbonyl (C=O) groups excluding carboxylic acids is 3. The third-order valence-electron chi connectivity index (χ3n) is 5.03. The van der Waals surface area contributed by atoms with Gasteiger partial charge >= 0.3 is 11.9 Å². The number of nitrogens with one attached hydrogen (secondary N) is 1. The van der Waals surface area contributed by atoms with Gasteiger partial charge < -0.3 is 19.4 Å². The molecule has 2 atom stereocenters. The van der Waals surface area contributed by atoms with E-state index in [1.54, 1.807) is 27.7 Å². The summed E-state index contributed by atoms with van der Waals surface area (Å²) in [6.07, 6.45) is -0.716. The van der Waals surface area contributed by atoms with Gasteiger partial charge in [-0.25, -0.2) is 18.0 Å². The van der Waals surface area contributed by atoms with Gasteiger partial charge in [0.15, 0.2) is 15.9 Å². The van der Waals surface area contributed by atoms with Gasteiger partial charge in [0.25, 0.3) is 5.91 Å². The molecule has 29 heavy (non-hydrogen) atoms. The number of aryl methyl sites for hydroxylation is 1. The molecule has 1 aromatic rings. The Labute approximate surface area is 170 Å². The summed E-state index contributed by atoms with van der Waals surface area (Å²) in [4.78, 5) is 41.7. The van der Waals surface area contributed by atoms with E-state index in [9.17, 15) is 22.8 Å². The number of amides is 1. The molecule has 2 rings (SSSR count). The molecule has 1 aliphatic rings. The normalized spacial score (nSPS) is 18.9. The van der Waals surface area contributed by atoms with Crippen LogP contribution in [0.4, 0.5) is 0 Å². The second-order valence-electron chi connectivity index (χ2n) is 7.07. The minimum Gasteiger partial charge on any atom is -0.461 e. The smallest absolute Gasteiger partial charge is 0.355 e. The molecule has 1 N–H and O–H groups in total. The van der Waals surface area contributed by atoms with Crippen molar-refractivity contribution in [1.29, 1.82) is 0 Å². The first-order valence-corrected chi connectivity index (χ1v) is 11.4. The number of esters is 2. The molecule has 9 nitrogen and oxygen atoms in total. The molecule has 0 bridgehead atoms. The van der Waals surface area contributed by atoms with Crippen LogP contribution in [0.5, 0.6) is 0 Å². The van der Waals surface area contributed by atoms with Crippen molar-refractivity contribution in [3.63, 3.8) is 0 Å². The Morgan fingerprint density at radius 3 is 2.38 bits per heavy atom. The van der Waals surface area contributed by atoms with Gasteiger partial charge in [-0.05, 0) is 46.6 Å². The van der Waals surface area contributed by atoms with E-state index in [4.69, 9.17) is 9.47 Å². The highest BCUT2D eigenvalue weighted by Crippen LogP contribution is 2.22. The topological polar surface area (TPSA) is 123 Å². The van der Waals surface area contributed by atoms with E-state index in [1.807, 2.05) is 0 Å². The van der Waals surface area contributed by atoms with E-state index >= 15 is 0 Å². The van der Waals surface area contributed by atoms with Crippen LogP contribution in [0.3, 0.4) is 0 Å². The number of H-pyrrole nitrogens is 1. The number of aromatic amines is 1. The first-order chi connectivity index (χ1) is 13.5. The van der Waals surface area contributed by atoms with Crippen LogP contribution in [0.2, 0.25) is 0 Å². The number of hydrogen-bond acceptors (Lipinski definition) is 7. The molecule has 0 radical (unpaired) electrons. The average molecular weight is 429 g/mol. The van der Waals surface area contributed by atoms with Gasteiger partial charge in [-0.3, -0.25) is 4.79 Å². The second-order valence-corrected chi connectivity index (χ2v) is 9.30. The van der Waals surface area contributed by atoms with Gasteiger partial charge in [0.1, 0.15) is 5.69 Å². The van der Waals surface area contributed by atoms with Crippen molar-refractivity contribution in [3.05, 3.63) is 22.5 Å². The number of rotatable bonds is 7. The third kappa shape index (κ3) is 4.98. The maximum atomic E-state index is 12.8. The lowest BCUT2D eigenvalue weighted by atomic mass is 10.1. The van der Waals surface area contributed by atoms with E-state index < -0.39 is 39.8 Å². The number of sulfone groups is 1. The lowest BCUT2D eigenvalue weighted by Crippen LogP contribution is -2.46. The molecule has 162 valence electrons. The molecule has 1 aromatic heterocycles. The molecule has 0 aromatic carbocycles. The first kappa shape index (κ1) is 22.9. The third-order valence-corrected chi connectivity index (χ3v) is 6.78. The van der Waals surface area contributed by atoms with Crippen LogP contribution in [0.15, 0.2) is 0 Å². The SMILES string of the molecule is CCOC(=O)c1[nH]c(C)c(C(=O)O[C@H](C)C(=O)N(CC)[C@@H]2CCS(=O)(=O)C2)c1C. The highest BCUT2D eigenvalue weighted by atomic mass is 32.2. The van der Waals surface area contributed by atoms with Crippen LogP contribution in [0, 0.1) is 13.8 Å². The Bertz CT molecular complexity index is 904. The van der Waals surface area contributed by atoms with Crippen LogP contribution in [0.1, 0.15) is 59.3 Å². The Kier molecular flexibility index (Phi) is 7.10. The highest BCUT2D eigenvalue weighted by Gasteiger charge is 2.36. The molecule has 10 heteroatoms. The minimum atomic E-state index is -3.15. The monoisotopic (exact) mass is 428 g/mol. The van der Waals surface area contributed by atoms with E-state index in [1.165, 1.54) is 11.8 Å². The Balaban J connectivity index is 2.14. The summed E-state index contributed by atoms with van der Waals surface area (Å²) in [5.74, 6) is -1.78. The summed E-state index contributed by atoms with van der Waals surface area (Å²) in [5.41, 5.74) is 1.17. The summed E-state index contributed by atoms with van der Waals surface area (Å²) >= 11 is 0. The van der Waals surface area contributed by atoms with Crippen molar-refractivity contribution < 1.29 is 32.3 Å². The molecular weight excluding hydrogens is 400 g/mol. The van der Waals surface area contributed by atoms with Gasteiger partial charge in [-0.15, -0.1) is 0 Å². The number of aromatic nitrogens is 1. The van der Waals surface area contributed by atoms with E-state index in [-0.39, 0.29) is 29.4 Å². The first-order valence-electron chi connectivity index (χ1n) is 9.60. The standard InChI is InChI=1S/C19H28N2O7S/c1-6-21(14-8-9-29(25,26)10-14)17(22)13(5)28-18(23)15-11(3)16(20-12(15)4)19(24)27-7-2/h13-14,20H,6-10H2,1-5H3/t13-,14-/m1/s1. The fourth-order valence-electron chi connectivity index (χ4n) is 3.58. The summed E-state index contributed by atoms with van der Waals surface area (Å²) in [7, 11) is -3.15. The summed E-state index contributed by atoms with van der Waals surface area (Å²) in [6, 6.07) is -0.412. The van der Waals surface area contributed by atoms with Gasteiger partial charge in [0.2, 0.25) is 0 Å². The van der Waals surface area contributed by atoms with E-state index in [0.29, 0.717) is 24.2 Å². The van der Waals surface area contributed by atoms with Gasteiger partial charge in [-0.1, -0.05) is 0 Å². The molecule has 1 saturated heterocycles. The number of carbonyl (C=O) groups is 3. The fourth-order valence-corrected chi connectivity index (χ4v) is 5.31. The van der Waals surface area contributed by atoms with Crippen molar-refractivity contribution >= 4 is 27.7 Å². The number of hydrogen-bond donors (Lipinski definition) is 1. The van der Waals surface area contributed by atoms with Crippen molar-refractivity contribution in [2.24, 2.45) is 0 Å². The molecule has 1 amide bonds. The molecule has 0 saturated carbocycles. The van der Waals surface area contributed by atoms with Crippen LogP contribution in [-0.4, -0.2) is 73.0 Å². The Morgan fingerprint density at radius 2 is 1.86 bits per heavy atom. The minimum absolute atomic E-state index is 0.0496. The maximum absolute atomic E-state index is 12.8. The maximum Gasteiger partial charge on any atom is 0.355 e. The zero-order chi connectivity index (χ0) is 21.9. The fraction of sp³-hybridized carbons (Fsp3) is 0.632. The molecule has 0 spiro atoms. The summed E-state index contributed by atoms with van der Waals surface area (Å²) in [5, 5.41) is 0. The lowest BCUT2D eigenvalue weighted by Gasteiger charge is -2.29. The Morgan fingerprint density at radius 1 is 1.21 bits per heavy atom. The van der Waals surface area contributed by atoms with Crippen molar-refractivity contribution in [2.75, 3.05) is 24.7 Å². The molecular formula is C19H28N2O7S. The number of nitrogens with zero attached hydrogens (tertiary/aromatic N) is 1. The largest absolute Gasteiger partial charge is 0.461 e. The highest BCUT2D eigenvalue weighted by molar-refractivity contribution is 7.91. The van der Waals surface area contributed by atoms with E-state index in [2.05, 4.69) is 4.98 Å². The van der Waals surface area contributed by atoms with Crippen molar-refractivity contribution in [2.45, 2.75) is 53.2 Å². The molecule has 2 heterocycles. The van der Waals surface area contributed by atoms with Crippen molar-refractivity contribution in [1.82, 2.24) is 9.88 Å². The summed E-state index contributed by atoms with van der Waals surface area (Å²) in [6.45, 7) is 8.63. The molecule has 1 fully saturated rings. The Hall–Kier alpha value is -2.36. The number of likely N-dealkylation sites (N-methyl/N-ethyl adjacent to an activating group) is 1. The van der Waals surface area contributed by atoms with Crippen LogP contribution in [-0.2, 0) is 24.1 Å². The van der Waals surface area contributed by atoms with Gasteiger partial charge in [0, 0.05) is 18.3 Å². The molecule has 0 aliphatic carbocycles. The number of ether oxygens (including phenoxy) is 2. The average Bonchev–Trinajstić information content (AvgIpc) is 3.14. The van der Waals surface area contributed by atoms with Crippen molar-refractivity contribution in [3.8, 4) is 0 Å². The van der Waals surface area contributed by atoms with Gasteiger partial charge in [0.05, 0.1) is 23.7 Å². The second kappa shape index (κ2) is 8.98.